The molecule has 0 saturated carbocycles. The molecule has 0 bridgehead atoms. The van der Waals surface area contributed by atoms with Gasteiger partial charge in [-0.25, -0.2) is 13.2 Å². The predicted octanol–water partition coefficient (Wildman–Crippen LogP) is 4.18. The van der Waals surface area contributed by atoms with Crippen molar-refractivity contribution in [1.82, 2.24) is 0 Å². The van der Waals surface area contributed by atoms with Crippen LogP contribution in [-0.4, -0.2) is 5.78 Å². The van der Waals surface area contributed by atoms with E-state index >= 15 is 0 Å². The third-order valence-corrected chi connectivity index (χ3v) is 2.93. The van der Waals surface area contributed by atoms with Gasteiger partial charge in [0.2, 0.25) is 0 Å². The molecule has 2 aromatic rings. The number of rotatable bonds is 3. The molecule has 19 heavy (non-hydrogen) atoms. The smallest absolute Gasteiger partial charge is 0.167 e. The lowest BCUT2D eigenvalue weighted by Crippen LogP contribution is -2.06. The summed E-state index contributed by atoms with van der Waals surface area (Å²) in [5.74, 6) is -3.33. The number of hydrogen-bond donors (Lipinski definition) is 0. The molecule has 0 aliphatic rings. The van der Waals surface area contributed by atoms with Gasteiger partial charge in [0.05, 0.1) is 5.02 Å². The van der Waals surface area contributed by atoms with E-state index in [0.29, 0.717) is 0 Å². The third kappa shape index (κ3) is 2.96. The maximum atomic E-state index is 13.4. The van der Waals surface area contributed by atoms with E-state index < -0.39 is 23.2 Å². The van der Waals surface area contributed by atoms with E-state index in [1.807, 2.05) is 0 Å². The average molecular weight is 285 g/mol. The van der Waals surface area contributed by atoms with Crippen LogP contribution in [0.5, 0.6) is 0 Å². The monoisotopic (exact) mass is 284 g/mol. The van der Waals surface area contributed by atoms with Gasteiger partial charge in [0.15, 0.2) is 17.4 Å². The maximum absolute atomic E-state index is 13.4. The van der Waals surface area contributed by atoms with Gasteiger partial charge in [-0.1, -0.05) is 23.7 Å². The zero-order valence-corrected chi connectivity index (χ0v) is 10.3. The Kier molecular flexibility index (Phi) is 3.90. The lowest BCUT2D eigenvalue weighted by atomic mass is 10.0. The molecule has 0 heterocycles. The summed E-state index contributed by atoms with van der Waals surface area (Å²) >= 11 is 5.50. The predicted molar refractivity (Wildman–Crippen MR) is 65.8 cm³/mol. The fourth-order valence-corrected chi connectivity index (χ4v) is 1.75. The van der Waals surface area contributed by atoms with E-state index in [4.69, 9.17) is 11.6 Å². The Morgan fingerprint density at radius 3 is 2.47 bits per heavy atom. The first-order valence-electron chi connectivity index (χ1n) is 5.40. The molecule has 5 heteroatoms. The number of carbonyl (C=O) groups excluding carboxylic acids is 1. The summed E-state index contributed by atoms with van der Waals surface area (Å²) in [6.45, 7) is 0. The van der Waals surface area contributed by atoms with Crippen LogP contribution >= 0.6 is 11.6 Å². The van der Waals surface area contributed by atoms with Crippen LogP contribution in [0.4, 0.5) is 13.2 Å². The maximum Gasteiger partial charge on any atom is 0.167 e. The number of hydrogen-bond acceptors (Lipinski definition) is 1. The zero-order valence-electron chi connectivity index (χ0n) is 9.59. The second-order valence-electron chi connectivity index (χ2n) is 3.94. The van der Waals surface area contributed by atoms with Gasteiger partial charge >= 0.3 is 0 Å². The standard InChI is InChI=1S/C14H8ClF3O/c15-10-5-4-8(6-12(10)17)13(19)7-9-2-1-3-11(16)14(9)18/h1-6H,7H2. The number of halogens is 4. The minimum atomic E-state index is -1.06. The number of Topliss-reactive ketones (excluding diaryl/α,β-unsaturated/α-hetero) is 1. The molecule has 98 valence electrons. The molecule has 0 N–H and O–H groups in total. The lowest BCUT2D eigenvalue weighted by molar-refractivity contribution is 0.0991. The minimum absolute atomic E-state index is 0.0607. The molecular weight excluding hydrogens is 277 g/mol. The molecule has 0 saturated heterocycles. The summed E-state index contributed by atoms with van der Waals surface area (Å²) in [5.41, 5.74) is -0.00841. The molecule has 2 rings (SSSR count). The van der Waals surface area contributed by atoms with Crippen molar-refractivity contribution in [1.29, 1.82) is 0 Å². The fraction of sp³-hybridized carbons (Fsp3) is 0.0714. The average Bonchev–Trinajstić information content (AvgIpc) is 2.38. The normalized spacial score (nSPS) is 10.5. The quantitative estimate of drug-likeness (QED) is 0.773. The van der Waals surface area contributed by atoms with Gasteiger partial charge in [-0.05, 0) is 29.8 Å². The van der Waals surface area contributed by atoms with Gasteiger partial charge in [0, 0.05) is 12.0 Å². The van der Waals surface area contributed by atoms with Crippen molar-refractivity contribution < 1.29 is 18.0 Å². The van der Waals surface area contributed by atoms with Crippen LogP contribution in [0.15, 0.2) is 36.4 Å². The first-order chi connectivity index (χ1) is 8.99. The van der Waals surface area contributed by atoms with Gasteiger partial charge in [-0.3, -0.25) is 4.79 Å². The number of ketones is 1. The summed E-state index contributed by atoms with van der Waals surface area (Å²) in [7, 11) is 0. The zero-order chi connectivity index (χ0) is 14.0. The lowest BCUT2D eigenvalue weighted by Gasteiger charge is -2.04. The van der Waals surface area contributed by atoms with E-state index in [9.17, 15) is 18.0 Å². The molecule has 0 fully saturated rings. The Morgan fingerprint density at radius 1 is 1.05 bits per heavy atom. The summed E-state index contributed by atoms with van der Waals surface area (Å²) < 4.78 is 39.6. The topological polar surface area (TPSA) is 17.1 Å². The summed E-state index contributed by atoms with van der Waals surface area (Å²) in [6, 6.07) is 7.14. The van der Waals surface area contributed by atoms with Gasteiger partial charge in [0.25, 0.3) is 0 Å². The number of carbonyl (C=O) groups is 1. The Morgan fingerprint density at radius 2 is 1.79 bits per heavy atom. The van der Waals surface area contributed by atoms with Crippen LogP contribution in [0.2, 0.25) is 5.02 Å². The SMILES string of the molecule is O=C(Cc1cccc(F)c1F)c1ccc(Cl)c(F)c1. The van der Waals surface area contributed by atoms with Crippen LogP contribution in [-0.2, 0) is 6.42 Å². The highest BCUT2D eigenvalue weighted by molar-refractivity contribution is 6.30. The van der Waals surface area contributed by atoms with Crippen molar-refractivity contribution in [3.8, 4) is 0 Å². The van der Waals surface area contributed by atoms with Gasteiger partial charge < -0.3 is 0 Å². The highest BCUT2D eigenvalue weighted by atomic mass is 35.5. The summed E-state index contributed by atoms with van der Waals surface area (Å²) in [6.07, 6.45) is -0.343. The van der Waals surface area contributed by atoms with Crippen LogP contribution in [0.1, 0.15) is 15.9 Å². The molecular formula is C14H8ClF3O. The van der Waals surface area contributed by atoms with Crippen molar-refractivity contribution in [3.63, 3.8) is 0 Å². The van der Waals surface area contributed by atoms with E-state index in [2.05, 4.69) is 0 Å². The van der Waals surface area contributed by atoms with Gasteiger partial charge in [-0.2, -0.15) is 0 Å². The van der Waals surface area contributed by atoms with E-state index in [1.165, 1.54) is 24.3 Å². The molecule has 0 atom stereocenters. The Balaban J connectivity index is 2.26. The van der Waals surface area contributed by atoms with Crippen molar-refractivity contribution in [2.75, 3.05) is 0 Å². The third-order valence-electron chi connectivity index (χ3n) is 2.62. The molecule has 0 radical (unpaired) electrons. The molecule has 2 aromatic carbocycles. The van der Waals surface area contributed by atoms with Crippen LogP contribution in [0.3, 0.4) is 0 Å². The molecule has 1 nitrogen and oxygen atoms in total. The van der Waals surface area contributed by atoms with Crippen molar-refractivity contribution in [3.05, 3.63) is 70.0 Å². The highest BCUT2D eigenvalue weighted by Gasteiger charge is 2.14. The summed E-state index contributed by atoms with van der Waals surface area (Å²) in [4.78, 5) is 11.8. The highest BCUT2D eigenvalue weighted by Crippen LogP contribution is 2.18. The Hall–Kier alpha value is -1.81. The number of benzene rings is 2. The second-order valence-corrected chi connectivity index (χ2v) is 4.35. The Bertz CT molecular complexity index is 641. The van der Waals surface area contributed by atoms with Crippen molar-refractivity contribution >= 4 is 17.4 Å². The van der Waals surface area contributed by atoms with Gasteiger partial charge in [0.1, 0.15) is 5.82 Å². The molecule has 0 amide bonds. The largest absolute Gasteiger partial charge is 0.294 e. The molecule has 0 unspecified atom stereocenters. The molecule has 0 spiro atoms. The van der Waals surface area contributed by atoms with E-state index in [0.717, 1.165) is 12.1 Å². The van der Waals surface area contributed by atoms with Gasteiger partial charge in [-0.15, -0.1) is 0 Å². The van der Waals surface area contributed by atoms with E-state index in [-0.39, 0.29) is 22.6 Å². The molecule has 0 aliphatic carbocycles. The van der Waals surface area contributed by atoms with E-state index in [1.54, 1.807) is 0 Å². The van der Waals surface area contributed by atoms with Crippen LogP contribution < -0.4 is 0 Å². The van der Waals surface area contributed by atoms with Crippen molar-refractivity contribution in [2.45, 2.75) is 6.42 Å². The van der Waals surface area contributed by atoms with Crippen LogP contribution in [0, 0.1) is 17.5 Å². The summed E-state index contributed by atoms with van der Waals surface area (Å²) in [5, 5.41) is -0.103. The molecule has 0 aliphatic heterocycles. The molecule has 0 aromatic heterocycles. The fourth-order valence-electron chi connectivity index (χ4n) is 1.63. The first kappa shape index (κ1) is 13.6. The minimum Gasteiger partial charge on any atom is -0.294 e. The Labute approximate surface area is 112 Å². The van der Waals surface area contributed by atoms with Crippen molar-refractivity contribution in [2.24, 2.45) is 0 Å². The second kappa shape index (κ2) is 5.45. The van der Waals surface area contributed by atoms with Crippen LogP contribution in [0.25, 0.3) is 0 Å². The first-order valence-corrected chi connectivity index (χ1v) is 5.78.